The number of hydrogen-bond acceptors (Lipinski definition) is 5. The number of Topliss-reactive ketones (excluding diaryl/α,β-unsaturated/α-hetero) is 1. The van der Waals surface area contributed by atoms with Crippen LogP contribution < -0.4 is 5.32 Å². The number of rotatable bonds is 6. The molecule has 0 spiro atoms. The summed E-state index contributed by atoms with van der Waals surface area (Å²) in [6.07, 6.45) is 8.25. The van der Waals surface area contributed by atoms with Crippen LogP contribution in [0.15, 0.2) is 53.7 Å². The van der Waals surface area contributed by atoms with Crippen LogP contribution in [0.25, 0.3) is 11.1 Å². The van der Waals surface area contributed by atoms with E-state index in [9.17, 15) is 9.59 Å². The molecule has 1 unspecified atom stereocenters. The van der Waals surface area contributed by atoms with Crippen molar-refractivity contribution in [1.29, 1.82) is 0 Å². The van der Waals surface area contributed by atoms with Crippen LogP contribution in [0, 0.1) is 39.9 Å². The molecule has 7 rings (SSSR count). The molecule has 234 valence electrons. The van der Waals surface area contributed by atoms with Crippen molar-refractivity contribution in [2.75, 3.05) is 19.8 Å². The molecule has 6 atom stereocenters. The Bertz CT molecular complexity index is 1440. The maximum atomic E-state index is 12.8. The number of nitrogens with one attached hydrogen (secondary N) is 1. The smallest absolute Gasteiger partial charge is 0.407 e. The van der Waals surface area contributed by atoms with Gasteiger partial charge in [-0.15, -0.1) is 0 Å². The predicted octanol–water partition coefficient (Wildman–Crippen LogP) is 8.15. The summed E-state index contributed by atoms with van der Waals surface area (Å²) >= 11 is 0. The van der Waals surface area contributed by atoms with Gasteiger partial charge in [-0.05, 0) is 96.3 Å². The molecule has 0 radical (unpaired) electrons. The number of fused-ring (bicyclic) bond motifs is 8. The Labute approximate surface area is 262 Å². The summed E-state index contributed by atoms with van der Waals surface area (Å²) in [6, 6.07) is 16.7. The normalized spacial score (nSPS) is 34.4. The van der Waals surface area contributed by atoms with Crippen molar-refractivity contribution in [3.05, 3.63) is 59.7 Å². The Kier molecular flexibility index (Phi) is 7.41. The van der Waals surface area contributed by atoms with Gasteiger partial charge < -0.3 is 14.9 Å². The number of oxime groups is 1. The zero-order valence-corrected chi connectivity index (χ0v) is 26.9. The molecule has 5 aliphatic carbocycles. The minimum Gasteiger partial charge on any atom is -0.449 e. The molecule has 4 saturated carbocycles. The third-order valence-corrected chi connectivity index (χ3v) is 13.1. The van der Waals surface area contributed by atoms with Crippen molar-refractivity contribution in [1.82, 2.24) is 5.32 Å². The van der Waals surface area contributed by atoms with Gasteiger partial charge in [0.1, 0.15) is 19.0 Å². The number of carbonyl (C=O) groups is 2. The molecule has 1 N–H and O–H groups in total. The van der Waals surface area contributed by atoms with Crippen LogP contribution >= 0.6 is 0 Å². The molecule has 0 bridgehead atoms. The van der Waals surface area contributed by atoms with E-state index in [2.05, 4.69) is 74.6 Å². The molecule has 0 heterocycles. The highest BCUT2D eigenvalue weighted by atomic mass is 16.6. The third-order valence-electron chi connectivity index (χ3n) is 13.1. The van der Waals surface area contributed by atoms with E-state index in [-0.39, 0.29) is 22.2 Å². The molecular formula is C38H48N2O4. The standard InChI is InChI=1S/C38H48N2O4/c1-36(2)32-15-13-28-30-14-16-34(41)38(30,4)19-17-31(28)37(32,3)20-18-33(36)40-44-22-21-39-35(42)43-23-29-26-11-7-5-9-24(26)25-10-6-8-12-27(25)29/h5-12,28-32H,13-23H2,1-4H3,(H,39,42)/t28-,30-,31-,32?,37+,38-/m0/s1. The lowest BCUT2D eigenvalue weighted by atomic mass is 9.41. The molecule has 44 heavy (non-hydrogen) atoms. The van der Waals surface area contributed by atoms with E-state index >= 15 is 0 Å². The molecule has 0 aliphatic heterocycles. The number of amides is 1. The van der Waals surface area contributed by atoms with E-state index < -0.39 is 6.09 Å². The topological polar surface area (TPSA) is 77.0 Å². The van der Waals surface area contributed by atoms with Crippen molar-refractivity contribution in [3.63, 3.8) is 0 Å². The van der Waals surface area contributed by atoms with Crippen LogP contribution in [0.3, 0.4) is 0 Å². The first-order valence-corrected chi connectivity index (χ1v) is 17.0. The fraction of sp³-hybridized carbons (Fsp3) is 0.605. The van der Waals surface area contributed by atoms with Gasteiger partial charge in [-0.3, -0.25) is 4.79 Å². The van der Waals surface area contributed by atoms with Crippen molar-refractivity contribution in [3.8, 4) is 11.1 Å². The van der Waals surface area contributed by atoms with Crippen molar-refractivity contribution in [2.45, 2.75) is 85.0 Å². The lowest BCUT2D eigenvalue weighted by molar-refractivity contribution is -0.141. The maximum absolute atomic E-state index is 12.8. The van der Waals surface area contributed by atoms with Crippen molar-refractivity contribution in [2.24, 2.45) is 45.1 Å². The highest BCUT2D eigenvalue weighted by Gasteiger charge is 2.62. The van der Waals surface area contributed by atoms with Gasteiger partial charge in [0, 0.05) is 23.2 Å². The van der Waals surface area contributed by atoms with Gasteiger partial charge in [-0.25, -0.2) is 4.79 Å². The number of ether oxygens (including phenoxy) is 1. The number of alkyl carbamates (subject to hydrolysis) is 1. The Morgan fingerprint density at radius 3 is 2.32 bits per heavy atom. The first kappa shape index (κ1) is 29.6. The van der Waals surface area contributed by atoms with E-state index in [1.165, 1.54) is 41.5 Å². The van der Waals surface area contributed by atoms with Crippen LogP contribution in [0.1, 0.15) is 96.1 Å². The quantitative estimate of drug-likeness (QED) is 0.270. The first-order chi connectivity index (χ1) is 21.1. The number of ketones is 1. The summed E-state index contributed by atoms with van der Waals surface area (Å²) in [6.45, 7) is 10.5. The van der Waals surface area contributed by atoms with Crippen LogP contribution in [0.4, 0.5) is 4.79 Å². The third kappa shape index (κ3) is 4.61. The number of benzene rings is 2. The second-order valence-electron chi connectivity index (χ2n) is 15.3. The number of carbonyl (C=O) groups excluding carboxylic acids is 2. The molecule has 2 aromatic rings. The summed E-state index contributed by atoms with van der Waals surface area (Å²) < 4.78 is 5.66. The van der Waals surface area contributed by atoms with Gasteiger partial charge >= 0.3 is 6.09 Å². The van der Waals surface area contributed by atoms with Crippen LogP contribution in [-0.4, -0.2) is 37.3 Å². The molecule has 6 heteroatoms. The van der Waals surface area contributed by atoms with E-state index in [4.69, 9.17) is 9.57 Å². The van der Waals surface area contributed by atoms with Crippen molar-refractivity contribution < 1.29 is 19.2 Å². The predicted molar refractivity (Wildman–Crippen MR) is 172 cm³/mol. The lowest BCUT2D eigenvalue weighted by Gasteiger charge is -2.63. The van der Waals surface area contributed by atoms with Gasteiger partial charge in [0.2, 0.25) is 0 Å². The molecule has 4 fully saturated rings. The van der Waals surface area contributed by atoms with Gasteiger partial charge in [-0.1, -0.05) is 81.4 Å². The monoisotopic (exact) mass is 596 g/mol. The van der Waals surface area contributed by atoms with E-state index in [1.807, 2.05) is 12.1 Å². The van der Waals surface area contributed by atoms with E-state index in [0.717, 1.165) is 37.8 Å². The van der Waals surface area contributed by atoms with Crippen LogP contribution in [0.2, 0.25) is 0 Å². The zero-order chi connectivity index (χ0) is 30.7. The van der Waals surface area contributed by atoms with Crippen LogP contribution in [0.5, 0.6) is 0 Å². The highest BCUT2D eigenvalue weighted by Crippen LogP contribution is 2.67. The largest absolute Gasteiger partial charge is 0.449 e. The van der Waals surface area contributed by atoms with Crippen LogP contribution in [-0.2, 0) is 14.4 Å². The molecule has 1 amide bonds. The zero-order valence-electron chi connectivity index (χ0n) is 26.9. The second-order valence-corrected chi connectivity index (χ2v) is 15.3. The molecule has 0 aromatic heterocycles. The van der Waals surface area contributed by atoms with Crippen molar-refractivity contribution >= 4 is 17.6 Å². The second kappa shape index (κ2) is 11.0. The minimum atomic E-state index is -0.429. The lowest BCUT2D eigenvalue weighted by Crippen LogP contribution is -2.58. The van der Waals surface area contributed by atoms with E-state index in [0.29, 0.717) is 49.2 Å². The summed E-state index contributed by atoms with van der Waals surface area (Å²) in [7, 11) is 0. The fourth-order valence-electron chi connectivity index (χ4n) is 10.8. The van der Waals surface area contributed by atoms with Gasteiger partial charge in [-0.2, -0.15) is 0 Å². The highest BCUT2D eigenvalue weighted by molar-refractivity contribution is 5.90. The maximum Gasteiger partial charge on any atom is 0.407 e. The molecule has 5 aliphatic rings. The first-order valence-electron chi connectivity index (χ1n) is 17.0. The Morgan fingerprint density at radius 2 is 1.59 bits per heavy atom. The minimum absolute atomic E-state index is 0.0373. The molecule has 0 saturated heterocycles. The number of hydrogen-bond donors (Lipinski definition) is 1. The van der Waals surface area contributed by atoms with Gasteiger partial charge in [0.15, 0.2) is 0 Å². The molecular weight excluding hydrogens is 548 g/mol. The Balaban J connectivity index is 0.914. The SMILES string of the molecule is CC1(C)C(=NOCCNC(=O)OCC2c3ccccc3-c3ccccc32)CC[C@@]2(C)C1CC[C@@H]1[C@@H]2CC[C@]2(C)C(=O)CC[C@@H]12. The van der Waals surface area contributed by atoms with Gasteiger partial charge in [0.05, 0.1) is 12.3 Å². The molecule has 2 aromatic carbocycles. The summed E-state index contributed by atoms with van der Waals surface area (Å²) in [5.74, 6) is 3.11. The summed E-state index contributed by atoms with van der Waals surface area (Å²) in [5, 5.41) is 7.51. The van der Waals surface area contributed by atoms with Gasteiger partial charge in [0.25, 0.3) is 0 Å². The average Bonchev–Trinajstić information content (AvgIpc) is 3.50. The average molecular weight is 597 g/mol. The number of nitrogens with zero attached hydrogens (tertiary/aromatic N) is 1. The summed E-state index contributed by atoms with van der Waals surface area (Å²) in [5.41, 5.74) is 6.17. The fourth-order valence-corrected chi connectivity index (χ4v) is 10.8. The summed E-state index contributed by atoms with van der Waals surface area (Å²) in [4.78, 5) is 31.2. The van der Waals surface area contributed by atoms with E-state index in [1.54, 1.807) is 0 Å². The Hall–Kier alpha value is -3.15. The molecule has 6 nitrogen and oxygen atoms in total. The Morgan fingerprint density at radius 1 is 0.886 bits per heavy atom.